The summed E-state index contributed by atoms with van der Waals surface area (Å²) >= 11 is 6.34. The third-order valence-corrected chi connectivity index (χ3v) is 6.20. The Morgan fingerprint density at radius 2 is 1.89 bits per heavy atom. The average molecular weight is 499 g/mol. The molecule has 4 rings (SSSR count). The van der Waals surface area contributed by atoms with Gasteiger partial charge in [0, 0.05) is 29.7 Å². The van der Waals surface area contributed by atoms with Crippen molar-refractivity contribution in [1.29, 1.82) is 0 Å². The van der Waals surface area contributed by atoms with E-state index in [0.29, 0.717) is 66.4 Å². The van der Waals surface area contributed by atoms with Crippen molar-refractivity contribution in [3.8, 4) is 23.0 Å². The minimum atomic E-state index is -0.920. The largest absolute Gasteiger partial charge is 0.496 e. The van der Waals surface area contributed by atoms with E-state index in [1.165, 1.54) is 19.2 Å². The molecule has 0 bridgehead atoms. The predicted octanol–water partition coefficient (Wildman–Crippen LogP) is 6.44. The van der Waals surface area contributed by atoms with Crippen LogP contribution in [-0.4, -0.2) is 30.6 Å². The molecule has 35 heavy (non-hydrogen) atoms. The number of hydrogen-bond donors (Lipinski definition) is 1. The summed E-state index contributed by atoms with van der Waals surface area (Å²) in [6.45, 7) is 0.301. The Morgan fingerprint density at radius 3 is 2.60 bits per heavy atom. The number of Topliss-reactive ketones (excluding diaryl/α,β-unsaturated/α-hetero) is 1. The lowest BCUT2D eigenvalue weighted by molar-refractivity contribution is -0.139. The molecule has 8 heteroatoms. The van der Waals surface area contributed by atoms with Gasteiger partial charge in [0.05, 0.1) is 24.7 Å². The number of methoxy groups -OCH3 is 1. The van der Waals surface area contributed by atoms with Gasteiger partial charge in [-0.2, -0.15) is 0 Å². The minimum Gasteiger partial charge on any atom is -0.496 e. The van der Waals surface area contributed by atoms with Gasteiger partial charge >= 0.3 is 5.97 Å². The first-order chi connectivity index (χ1) is 16.9. The summed E-state index contributed by atoms with van der Waals surface area (Å²) in [4.78, 5) is 24.1. The SMILES string of the molecule is COc1cc(F)ccc1CCCC(=O)c1ccc(Oc2cc3c(cc2Cl)C(C(=O)O)CCO3)cc1. The van der Waals surface area contributed by atoms with E-state index in [-0.39, 0.29) is 16.6 Å². The summed E-state index contributed by atoms with van der Waals surface area (Å²) in [5.74, 6) is -0.239. The maximum Gasteiger partial charge on any atom is 0.311 e. The van der Waals surface area contributed by atoms with Crippen molar-refractivity contribution in [2.24, 2.45) is 0 Å². The third-order valence-electron chi connectivity index (χ3n) is 5.91. The Balaban J connectivity index is 1.38. The monoisotopic (exact) mass is 498 g/mol. The molecule has 0 saturated carbocycles. The first-order valence-electron chi connectivity index (χ1n) is 11.2. The first-order valence-corrected chi connectivity index (χ1v) is 11.6. The number of ketones is 1. The van der Waals surface area contributed by atoms with Gasteiger partial charge < -0.3 is 19.3 Å². The van der Waals surface area contributed by atoms with Crippen LogP contribution in [0.3, 0.4) is 0 Å². The van der Waals surface area contributed by atoms with Gasteiger partial charge in [-0.05, 0) is 61.2 Å². The maximum atomic E-state index is 13.3. The summed E-state index contributed by atoms with van der Waals surface area (Å²) in [5.41, 5.74) is 1.93. The van der Waals surface area contributed by atoms with Crippen LogP contribution in [0.4, 0.5) is 4.39 Å². The van der Waals surface area contributed by atoms with E-state index in [1.807, 2.05) is 0 Å². The lowest BCUT2D eigenvalue weighted by atomic mass is 9.93. The van der Waals surface area contributed by atoms with Gasteiger partial charge in [-0.25, -0.2) is 4.39 Å². The number of carbonyl (C=O) groups is 2. The van der Waals surface area contributed by atoms with E-state index in [1.54, 1.807) is 42.5 Å². The highest BCUT2D eigenvalue weighted by Crippen LogP contribution is 2.41. The van der Waals surface area contributed by atoms with Crippen molar-refractivity contribution in [3.05, 3.63) is 82.1 Å². The highest BCUT2D eigenvalue weighted by atomic mass is 35.5. The van der Waals surface area contributed by atoms with Crippen molar-refractivity contribution >= 4 is 23.4 Å². The van der Waals surface area contributed by atoms with Crippen LogP contribution in [0.25, 0.3) is 0 Å². The van der Waals surface area contributed by atoms with Gasteiger partial charge in [0.1, 0.15) is 28.8 Å². The molecule has 3 aromatic rings. The molecule has 6 nitrogen and oxygen atoms in total. The highest BCUT2D eigenvalue weighted by molar-refractivity contribution is 6.32. The van der Waals surface area contributed by atoms with Gasteiger partial charge in [0.2, 0.25) is 0 Å². The molecule has 3 aromatic carbocycles. The number of carboxylic acids is 1. The number of halogens is 2. The summed E-state index contributed by atoms with van der Waals surface area (Å²) in [5, 5.41) is 9.69. The number of benzene rings is 3. The first kappa shape index (κ1) is 24.5. The van der Waals surface area contributed by atoms with Crippen molar-refractivity contribution in [3.63, 3.8) is 0 Å². The third kappa shape index (κ3) is 5.74. The molecule has 0 radical (unpaired) electrons. The molecule has 0 amide bonds. The number of aryl methyl sites for hydroxylation is 1. The standard InChI is InChI=1S/C27H24ClFO6/c1-33-24-13-18(29)8-5-17(24)3-2-4-23(30)16-6-9-19(10-7-16)35-26-15-25-21(14-22(26)28)20(27(31)32)11-12-34-25/h5-10,13-15,20H,2-4,11-12H2,1H3,(H,31,32). The Morgan fingerprint density at radius 1 is 1.11 bits per heavy atom. The van der Waals surface area contributed by atoms with Crippen LogP contribution in [0.15, 0.2) is 54.6 Å². The molecule has 0 saturated heterocycles. The fourth-order valence-electron chi connectivity index (χ4n) is 4.07. The van der Waals surface area contributed by atoms with Crippen LogP contribution in [0, 0.1) is 5.82 Å². The molecule has 0 aromatic heterocycles. The molecule has 0 spiro atoms. The second-order valence-corrected chi connectivity index (χ2v) is 8.61. The number of fused-ring (bicyclic) bond motifs is 1. The Labute approximate surface area is 207 Å². The Kier molecular flexibility index (Phi) is 7.56. The zero-order valence-electron chi connectivity index (χ0n) is 19.1. The van der Waals surface area contributed by atoms with Crippen LogP contribution < -0.4 is 14.2 Å². The van der Waals surface area contributed by atoms with Crippen LogP contribution in [0.5, 0.6) is 23.0 Å². The van der Waals surface area contributed by atoms with Crippen LogP contribution >= 0.6 is 11.6 Å². The molecule has 1 heterocycles. The second-order valence-electron chi connectivity index (χ2n) is 8.21. The smallest absolute Gasteiger partial charge is 0.311 e. The molecule has 1 unspecified atom stereocenters. The van der Waals surface area contributed by atoms with E-state index in [2.05, 4.69) is 0 Å². The minimum absolute atomic E-state index is 0.0162. The van der Waals surface area contributed by atoms with Crippen molar-refractivity contribution in [2.75, 3.05) is 13.7 Å². The van der Waals surface area contributed by atoms with Crippen molar-refractivity contribution in [1.82, 2.24) is 0 Å². The molecular weight excluding hydrogens is 475 g/mol. The molecule has 1 N–H and O–H groups in total. The lowest BCUT2D eigenvalue weighted by Crippen LogP contribution is -2.20. The topological polar surface area (TPSA) is 82.1 Å². The predicted molar refractivity (Wildman–Crippen MR) is 129 cm³/mol. The zero-order chi connectivity index (χ0) is 24.9. The Hall–Kier alpha value is -3.58. The second kappa shape index (κ2) is 10.8. The molecule has 182 valence electrons. The lowest BCUT2D eigenvalue weighted by Gasteiger charge is -2.24. The average Bonchev–Trinajstić information content (AvgIpc) is 2.85. The number of ether oxygens (including phenoxy) is 3. The number of carboxylic acid groups (broad SMARTS) is 1. The van der Waals surface area contributed by atoms with Gasteiger partial charge in [0.25, 0.3) is 0 Å². The summed E-state index contributed by atoms with van der Waals surface area (Å²) in [6, 6.07) is 14.3. The molecule has 0 aliphatic carbocycles. The number of aliphatic carboxylic acids is 1. The molecule has 1 atom stereocenters. The fourth-order valence-corrected chi connectivity index (χ4v) is 4.28. The van der Waals surface area contributed by atoms with E-state index in [9.17, 15) is 19.1 Å². The summed E-state index contributed by atoms with van der Waals surface area (Å²) < 4.78 is 30.0. The van der Waals surface area contributed by atoms with Gasteiger partial charge in [-0.15, -0.1) is 0 Å². The van der Waals surface area contributed by atoms with E-state index >= 15 is 0 Å². The van der Waals surface area contributed by atoms with Crippen LogP contribution in [-0.2, 0) is 11.2 Å². The van der Waals surface area contributed by atoms with Crippen LogP contribution in [0.1, 0.15) is 46.7 Å². The van der Waals surface area contributed by atoms with E-state index < -0.39 is 11.9 Å². The van der Waals surface area contributed by atoms with Crippen molar-refractivity contribution in [2.45, 2.75) is 31.6 Å². The fraction of sp³-hybridized carbons (Fsp3) is 0.259. The molecule has 1 aliphatic heterocycles. The Bertz CT molecular complexity index is 1240. The number of carbonyl (C=O) groups excluding carboxylic acids is 1. The molecule has 0 fully saturated rings. The van der Waals surface area contributed by atoms with Gasteiger partial charge in [-0.1, -0.05) is 17.7 Å². The van der Waals surface area contributed by atoms with Crippen molar-refractivity contribution < 1.29 is 33.3 Å². The summed E-state index contributed by atoms with van der Waals surface area (Å²) in [7, 11) is 1.49. The highest BCUT2D eigenvalue weighted by Gasteiger charge is 2.29. The van der Waals surface area contributed by atoms with Crippen LogP contribution in [0.2, 0.25) is 5.02 Å². The number of hydrogen-bond acceptors (Lipinski definition) is 5. The molecule has 1 aliphatic rings. The summed E-state index contributed by atoms with van der Waals surface area (Å²) in [6.07, 6.45) is 1.91. The maximum absolute atomic E-state index is 13.3. The quantitative estimate of drug-likeness (QED) is 0.342. The zero-order valence-corrected chi connectivity index (χ0v) is 19.8. The number of rotatable bonds is 9. The van der Waals surface area contributed by atoms with Gasteiger partial charge in [0.15, 0.2) is 5.78 Å². The van der Waals surface area contributed by atoms with Gasteiger partial charge in [-0.3, -0.25) is 9.59 Å². The van der Waals surface area contributed by atoms with E-state index in [4.69, 9.17) is 25.8 Å². The molecular formula is C27H24ClFO6. The normalized spacial score (nSPS) is 14.5. The van der Waals surface area contributed by atoms with E-state index in [0.717, 1.165) is 5.56 Å².